The lowest BCUT2D eigenvalue weighted by Crippen LogP contribution is -2.40. The van der Waals surface area contributed by atoms with Crippen LogP contribution >= 0.6 is 0 Å². The quantitative estimate of drug-likeness (QED) is 0.864. The van der Waals surface area contributed by atoms with E-state index in [1.54, 1.807) is 0 Å². The Bertz CT molecular complexity index is 362. The molecule has 0 saturated carbocycles. The number of hydrogen-bond donors (Lipinski definition) is 1. The van der Waals surface area contributed by atoms with Gasteiger partial charge in [0.15, 0.2) is 0 Å². The molecule has 0 aromatic heterocycles. The summed E-state index contributed by atoms with van der Waals surface area (Å²) in [6.07, 6.45) is 4.55. The molecule has 17 heavy (non-hydrogen) atoms. The summed E-state index contributed by atoms with van der Waals surface area (Å²) in [5, 5.41) is 0. The van der Waals surface area contributed by atoms with Crippen molar-refractivity contribution in [1.29, 1.82) is 0 Å². The molecule has 1 saturated heterocycles. The van der Waals surface area contributed by atoms with Gasteiger partial charge in [-0.2, -0.15) is 0 Å². The zero-order valence-electron chi connectivity index (χ0n) is 10.6. The Morgan fingerprint density at radius 1 is 1.29 bits per heavy atom. The first kappa shape index (κ1) is 12.3. The van der Waals surface area contributed by atoms with Crippen LogP contribution in [0.15, 0.2) is 35.9 Å². The lowest BCUT2D eigenvalue weighted by atomic mass is 10.1. The van der Waals surface area contributed by atoms with E-state index >= 15 is 0 Å². The second-order valence-corrected chi connectivity index (χ2v) is 5.01. The number of piperidine rings is 1. The average Bonchev–Trinajstić information content (AvgIpc) is 2.33. The Labute approximate surface area is 104 Å². The summed E-state index contributed by atoms with van der Waals surface area (Å²) in [5.41, 5.74) is 8.62. The van der Waals surface area contributed by atoms with Crippen molar-refractivity contribution in [3.05, 3.63) is 41.5 Å². The van der Waals surface area contributed by atoms with E-state index in [1.807, 2.05) is 0 Å². The summed E-state index contributed by atoms with van der Waals surface area (Å²) in [4.78, 5) is 2.50. The highest BCUT2D eigenvalue weighted by Crippen LogP contribution is 2.12. The molecule has 1 aromatic rings. The van der Waals surface area contributed by atoms with Gasteiger partial charge in [0.25, 0.3) is 0 Å². The summed E-state index contributed by atoms with van der Waals surface area (Å²) >= 11 is 0. The lowest BCUT2D eigenvalue weighted by Gasteiger charge is -2.30. The summed E-state index contributed by atoms with van der Waals surface area (Å²) < 4.78 is 0. The first-order chi connectivity index (χ1) is 8.24. The molecule has 1 aliphatic heterocycles. The highest BCUT2D eigenvalue weighted by molar-refractivity contribution is 5.52. The zero-order valence-corrected chi connectivity index (χ0v) is 10.6. The molecule has 2 nitrogen and oxygen atoms in total. The minimum Gasteiger partial charge on any atom is -0.328 e. The minimum atomic E-state index is 0.421. The average molecular weight is 230 g/mol. The van der Waals surface area contributed by atoms with Gasteiger partial charge in [-0.15, -0.1) is 0 Å². The van der Waals surface area contributed by atoms with Gasteiger partial charge in [-0.25, -0.2) is 0 Å². The topological polar surface area (TPSA) is 29.3 Å². The highest BCUT2D eigenvalue weighted by Gasteiger charge is 2.15. The molecule has 0 atom stereocenters. The van der Waals surface area contributed by atoms with Crippen molar-refractivity contribution in [3.63, 3.8) is 0 Å². The molecule has 1 aromatic carbocycles. The normalized spacial score (nSPS) is 19.5. The smallest absolute Gasteiger partial charge is 0.0193 e. The molecule has 2 heteroatoms. The number of nitrogens with two attached hydrogens (primary N) is 1. The van der Waals surface area contributed by atoms with Gasteiger partial charge in [0, 0.05) is 12.6 Å². The van der Waals surface area contributed by atoms with Crippen LogP contribution in [0.25, 0.3) is 6.08 Å². The van der Waals surface area contributed by atoms with Crippen molar-refractivity contribution in [2.24, 2.45) is 5.73 Å². The van der Waals surface area contributed by atoms with Crippen LogP contribution in [-0.2, 0) is 0 Å². The Kier molecular flexibility index (Phi) is 4.35. The fraction of sp³-hybridized carbons (Fsp3) is 0.467. The number of rotatable bonds is 3. The van der Waals surface area contributed by atoms with E-state index in [9.17, 15) is 0 Å². The number of hydrogen-bond acceptors (Lipinski definition) is 2. The van der Waals surface area contributed by atoms with Crippen molar-refractivity contribution in [1.82, 2.24) is 4.90 Å². The lowest BCUT2D eigenvalue weighted by molar-refractivity contribution is 0.229. The SMILES string of the molecule is C/C(=C\c1ccccc1)CN1CCC(N)CC1. The molecular weight excluding hydrogens is 208 g/mol. The van der Waals surface area contributed by atoms with Crippen LogP contribution in [0.1, 0.15) is 25.3 Å². The third-order valence-electron chi connectivity index (χ3n) is 3.32. The van der Waals surface area contributed by atoms with Crippen LogP contribution in [0.3, 0.4) is 0 Å². The van der Waals surface area contributed by atoms with Gasteiger partial charge in [0.05, 0.1) is 0 Å². The molecule has 0 radical (unpaired) electrons. The molecule has 1 heterocycles. The monoisotopic (exact) mass is 230 g/mol. The van der Waals surface area contributed by atoms with Crippen LogP contribution in [0.4, 0.5) is 0 Å². The van der Waals surface area contributed by atoms with Crippen LogP contribution in [0.2, 0.25) is 0 Å². The Morgan fingerprint density at radius 2 is 1.94 bits per heavy atom. The molecule has 2 rings (SSSR count). The van der Waals surface area contributed by atoms with E-state index in [0.29, 0.717) is 6.04 Å². The van der Waals surface area contributed by atoms with E-state index in [4.69, 9.17) is 5.73 Å². The van der Waals surface area contributed by atoms with Crippen molar-refractivity contribution in [2.75, 3.05) is 19.6 Å². The second kappa shape index (κ2) is 5.99. The number of nitrogens with zero attached hydrogens (tertiary/aromatic N) is 1. The summed E-state index contributed by atoms with van der Waals surface area (Å²) in [5.74, 6) is 0. The Hall–Kier alpha value is -1.12. The van der Waals surface area contributed by atoms with Crippen molar-refractivity contribution < 1.29 is 0 Å². The second-order valence-electron chi connectivity index (χ2n) is 5.01. The molecule has 92 valence electrons. The van der Waals surface area contributed by atoms with Gasteiger partial charge in [0.2, 0.25) is 0 Å². The van der Waals surface area contributed by atoms with E-state index in [-0.39, 0.29) is 0 Å². The molecular formula is C15H22N2. The first-order valence-electron chi connectivity index (χ1n) is 6.44. The van der Waals surface area contributed by atoms with Gasteiger partial charge in [0.1, 0.15) is 0 Å². The van der Waals surface area contributed by atoms with Crippen LogP contribution in [0, 0.1) is 0 Å². The fourth-order valence-electron chi connectivity index (χ4n) is 2.34. The molecule has 0 bridgehead atoms. The van der Waals surface area contributed by atoms with Crippen LogP contribution in [0.5, 0.6) is 0 Å². The first-order valence-corrected chi connectivity index (χ1v) is 6.44. The maximum atomic E-state index is 5.91. The van der Waals surface area contributed by atoms with Gasteiger partial charge in [-0.3, -0.25) is 4.90 Å². The Morgan fingerprint density at radius 3 is 2.59 bits per heavy atom. The molecule has 1 fully saturated rings. The van der Waals surface area contributed by atoms with Gasteiger partial charge >= 0.3 is 0 Å². The maximum absolute atomic E-state index is 5.91. The van der Waals surface area contributed by atoms with E-state index in [0.717, 1.165) is 32.5 Å². The zero-order chi connectivity index (χ0) is 12.1. The Balaban J connectivity index is 1.88. The van der Waals surface area contributed by atoms with Crippen LogP contribution < -0.4 is 5.73 Å². The highest BCUT2D eigenvalue weighted by atomic mass is 15.1. The molecule has 0 amide bonds. The van der Waals surface area contributed by atoms with E-state index in [1.165, 1.54) is 11.1 Å². The minimum absolute atomic E-state index is 0.421. The van der Waals surface area contributed by atoms with Crippen LogP contribution in [-0.4, -0.2) is 30.6 Å². The third-order valence-corrected chi connectivity index (χ3v) is 3.32. The van der Waals surface area contributed by atoms with E-state index in [2.05, 4.69) is 48.2 Å². The summed E-state index contributed by atoms with van der Waals surface area (Å²) in [6, 6.07) is 10.9. The molecule has 0 spiro atoms. The number of likely N-dealkylation sites (tertiary alicyclic amines) is 1. The van der Waals surface area contributed by atoms with Gasteiger partial charge in [-0.05, 0) is 38.4 Å². The molecule has 0 unspecified atom stereocenters. The standard InChI is InChI=1S/C15H22N2/c1-13(11-14-5-3-2-4-6-14)12-17-9-7-15(16)8-10-17/h2-6,11,15H,7-10,12,16H2,1H3/b13-11+. The predicted octanol–water partition coefficient (Wildman–Crippen LogP) is 2.51. The summed E-state index contributed by atoms with van der Waals surface area (Å²) in [6.45, 7) is 5.56. The summed E-state index contributed by atoms with van der Waals surface area (Å²) in [7, 11) is 0. The van der Waals surface area contributed by atoms with Gasteiger partial charge < -0.3 is 5.73 Å². The molecule has 0 aliphatic carbocycles. The van der Waals surface area contributed by atoms with Crippen molar-refractivity contribution in [2.45, 2.75) is 25.8 Å². The van der Waals surface area contributed by atoms with Gasteiger partial charge in [-0.1, -0.05) is 42.0 Å². The predicted molar refractivity (Wildman–Crippen MR) is 73.7 cm³/mol. The largest absolute Gasteiger partial charge is 0.328 e. The fourth-order valence-corrected chi connectivity index (χ4v) is 2.34. The van der Waals surface area contributed by atoms with E-state index < -0.39 is 0 Å². The third kappa shape index (κ3) is 3.99. The van der Waals surface area contributed by atoms with Crippen molar-refractivity contribution in [3.8, 4) is 0 Å². The molecule has 2 N–H and O–H groups in total. The van der Waals surface area contributed by atoms with Crippen molar-refractivity contribution >= 4 is 6.08 Å². The maximum Gasteiger partial charge on any atom is 0.0193 e. The molecule has 1 aliphatic rings. The number of benzene rings is 1.